The van der Waals surface area contributed by atoms with E-state index in [9.17, 15) is 4.79 Å². The zero-order valence-electron chi connectivity index (χ0n) is 14.5. The number of nitrogens with one attached hydrogen (secondary N) is 1. The van der Waals surface area contributed by atoms with Crippen molar-refractivity contribution >= 4 is 5.91 Å². The van der Waals surface area contributed by atoms with Crippen molar-refractivity contribution in [2.75, 3.05) is 32.9 Å². The van der Waals surface area contributed by atoms with Crippen LogP contribution in [0.5, 0.6) is 0 Å². The summed E-state index contributed by atoms with van der Waals surface area (Å²) in [4.78, 5) is 15.3. The Morgan fingerprint density at radius 1 is 1.17 bits per heavy atom. The average Bonchev–Trinajstić information content (AvgIpc) is 3.07. The van der Waals surface area contributed by atoms with Crippen LogP contribution in [-0.2, 0) is 14.3 Å². The quantitative estimate of drug-likeness (QED) is 0.862. The Bertz CT molecular complexity index is 463. The van der Waals surface area contributed by atoms with Crippen molar-refractivity contribution in [3.63, 3.8) is 0 Å². The maximum Gasteiger partial charge on any atom is 0.250 e. The van der Waals surface area contributed by atoms with Gasteiger partial charge in [0.2, 0.25) is 0 Å². The van der Waals surface area contributed by atoms with Crippen LogP contribution in [0, 0.1) is 0 Å². The van der Waals surface area contributed by atoms with E-state index in [0.29, 0.717) is 0 Å². The van der Waals surface area contributed by atoms with E-state index >= 15 is 0 Å². The monoisotopic (exact) mass is 322 g/mol. The number of rotatable bonds is 4. The molecule has 23 heavy (non-hydrogen) atoms. The molecule has 1 aliphatic carbocycles. The van der Waals surface area contributed by atoms with Crippen LogP contribution in [0.15, 0.2) is 11.3 Å². The number of nitrogens with zero attached hydrogens (tertiary/aromatic N) is 1. The zero-order chi connectivity index (χ0) is 16.3. The number of carbonyl (C=O) groups excluding carboxylic acids is 1. The molecule has 1 saturated carbocycles. The minimum Gasteiger partial charge on any atom is -0.498 e. The molecule has 0 aromatic carbocycles. The second-order valence-electron chi connectivity index (χ2n) is 7.09. The van der Waals surface area contributed by atoms with Gasteiger partial charge in [-0.25, -0.2) is 0 Å². The van der Waals surface area contributed by atoms with Crippen molar-refractivity contribution in [1.29, 1.82) is 0 Å². The summed E-state index contributed by atoms with van der Waals surface area (Å²) in [5.74, 6) is 0.863. The highest BCUT2D eigenvalue weighted by atomic mass is 16.5. The van der Waals surface area contributed by atoms with Crippen LogP contribution in [0.3, 0.4) is 0 Å². The van der Waals surface area contributed by atoms with Gasteiger partial charge in [0.05, 0.1) is 25.4 Å². The molecular weight excluding hydrogens is 292 g/mol. The third-order valence-corrected chi connectivity index (χ3v) is 5.85. The Hall–Kier alpha value is -1.07. The van der Waals surface area contributed by atoms with Crippen LogP contribution in [0.1, 0.15) is 52.4 Å². The lowest BCUT2D eigenvalue weighted by atomic mass is 9.86. The molecule has 0 aromatic rings. The zero-order valence-corrected chi connectivity index (χ0v) is 14.5. The van der Waals surface area contributed by atoms with Crippen LogP contribution < -0.4 is 5.32 Å². The molecule has 0 bridgehead atoms. The Morgan fingerprint density at radius 3 is 2.52 bits per heavy atom. The molecule has 3 aliphatic rings. The number of ether oxygens (including phenoxy) is 2. The second kappa shape index (κ2) is 7.22. The molecule has 1 atom stereocenters. The fourth-order valence-electron chi connectivity index (χ4n) is 4.45. The van der Waals surface area contributed by atoms with Gasteiger partial charge < -0.3 is 14.8 Å². The summed E-state index contributed by atoms with van der Waals surface area (Å²) >= 11 is 0. The third kappa shape index (κ3) is 3.41. The molecule has 5 heteroatoms. The number of amides is 1. The van der Waals surface area contributed by atoms with E-state index in [4.69, 9.17) is 9.47 Å². The number of allylic oxidation sites excluding steroid dienone is 1. The van der Waals surface area contributed by atoms with Gasteiger partial charge in [-0.3, -0.25) is 9.69 Å². The topological polar surface area (TPSA) is 50.8 Å². The first-order valence-corrected chi connectivity index (χ1v) is 9.10. The van der Waals surface area contributed by atoms with Crippen LogP contribution in [-0.4, -0.2) is 55.3 Å². The molecule has 1 saturated heterocycles. The third-order valence-electron chi connectivity index (χ3n) is 5.85. The fraction of sp³-hybridized carbons (Fsp3) is 0.833. The van der Waals surface area contributed by atoms with Crippen molar-refractivity contribution in [1.82, 2.24) is 10.2 Å². The van der Waals surface area contributed by atoms with Gasteiger partial charge in [0.15, 0.2) is 0 Å². The lowest BCUT2D eigenvalue weighted by Gasteiger charge is -2.47. The van der Waals surface area contributed by atoms with Gasteiger partial charge in [0.1, 0.15) is 5.76 Å². The lowest BCUT2D eigenvalue weighted by Crippen LogP contribution is -2.62. The summed E-state index contributed by atoms with van der Waals surface area (Å²) in [6, 6.07) is 0.151. The fourth-order valence-corrected chi connectivity index (χ4v) is 4.45. The van der Waals surface area contributed by atoms with E-state index < -0.39 is 0 Å². The Morgan fingerprint density at radius 2 is 1.87 bits per heavy atom. The highest BCUT2D eigenvalue weighted by Gasteiger charge is 2.45. The van der Waals surface area contributed by atoms with Crippen LogP contribution in [0.4, 0.5) is 0 Å². The van der Waals surface area contributed by atoms with E-state index in [1.54, 1.807) is 0 Å². The summed E-state index contributed by atoms with van der Waals surface area (Å²) in [6.45, 7) is 8.39. The first-order chi connectivity index (χ1) is 11.1. The number of carbonyl (C=O) groups is 1. The number of morpholine rings is 1. The highest BCUT2D eigenvalue weighted by molar-refractivity contribution is 5.94. The standard InChI is InChI=1S/C18H30N2O3/c1-14-16(6-5-11-23-14)17(21)19-15(2)18(7-3-4-8-18)20-9-12-22-13-10-20/h15H,3-13H2,1-2H3,(H,19,21). The molecule has 130 valence electrons. The van der Waals surface area contributed by atoms with Gasteiger partial charge >= 0.3 is 0 Å². The maximum atomic E-state index is 12.7. The predicted molar refractivity (Wildman–Crippen MR) is 89.1 cm³/mol. The molecule has 0 spiro atoms. The molecule has 5 nitrogen and oxygen atoms in total. The molecule has 0 aromatic heterocycles. The van der Waals surface area contributed by atoms with Gasteiger partial charge in [-0.1, -0.05) is 12.8 Å². The molecule has 0 radical (unpaired) electrons. The van der Waals surface area contributed by atoms with Gasteiger partial charge in [-0.2, -0.15) is 0 Å². The minimum atomic E-state index is 0.0641. The van der Waals surface area contributed by atoms with Gasteiger partial charge in [-0.15, -0.1) is 0 Å². The second-order valence-corrected chi connectivity index (χ2v) is 7.09. The van der Waals surface area contributed by atoms with Crippen LogP contribution >= 0.6 is 0 Å². The summed E-state index contributed by atoms with van der Waals surface area (Å²) in [5.41, 5.74) is 0.932. The number of hydrogen-bond donors (Lipinski definition) is 1. The maximum absolute atomic E-state index is 12.7. The molecular formula is C18H30N2O3. The van der Waals surface area contributed by atoms with E-state index in [1.807, 2.05) is 6.92 Å². The summed E-state index contributed by atoms with van der Waals surface area (Å²) in [6.07, 6.45) is 6.61. The van der Waals surface area contributed by atoms with Gasteiger partial charge in [-0.05, 0) is 39.5 Å². The summed E-state index contributed by atoms with van der Waals surface area (Å²) in [5, 5.41) is 3.30. The van der Waals surface area contributed by atoms with Crippen molar-refractivity contribution in [2.24, 2.45) is 0 Å². The van der Waals surface area contributed by atoms with E-state index in [1.165, 1.54) is 25.7 Å². The van der Waals surface area contributed by atoms with E-state index in [0.717, 1.165) is 57.1 Å². The van der Waals surface area contributed by atoms with E-state index in [-0.39, 0.29) is 17.5 Å². The largest absolute Gasteiger partial charge is 0.498 e. The van der Waals surface area contributed by atoms with Crippen LogP contribution in [0.2, 0.25) is 0 Å². The molecule has 1 N–H and O–H groups in total. The van der Waals surface area contributed by atoms with Crippen molar-refractivity contribution < 1.29 is 14.3 Å². The van der Waals surface area contributed by atoms with E-state index in [2.05, 4.69) is 17.1 Å². The molecule has 3 rings (SSSR count). The van der Waals surface area contributed by atoms with Crippen molar-refractivity contribution in [3.8, 4) is 0 Å². The Labute approximate surface area is 139 Å². The van der Waals surface area contributed by atoms with Crippen LogP contribution in [0.25, 0.3) is 0 Å². The smallest absolute Gasteiger partial charge is 0.250 e. The Balaban J connectivity index is 1.71. The van der Waals surface area contributed by atoms with Crippen molar-refractivity contribution in [3.05, 3.63) is 11.3 Å². The van der Waals surface area contributed by atoms with Gasteiger partial charge in [0.25, 0.3) is 5.91 Å². The van der Waals surface area contributed by atoms with Crippen molar-refractivity contribution in [2.45, 2.75) is 64.0 Å². The predicted octanol–water partition coefficient (Wildman–Crippen LogP) is 2.22. The lowest BCUT2D eigenvalue weighted by molar-refractivity contribution is -0.120. The number of hydrogen-bond acceptors (Lipinski definition) is 4. The Kier molecular flexibility index (Phi) is 5.27. The first kappa shape index (κ1) is 16.8. The first-order valence-electron chi connectivity index (χ1n) is 9.10. The molecule has 2 aliphatic heterocycles. The molecule has 1 unspecified atom stereocenters. The minimum absolute atomic E-state index is 0.0641. The highest BCUT2D eigenvalue weighted by Crippen LogP contribution is 2.38. The normalized spacial score (nSPS) is 26.7. The van der Waals surface area contributed by atoms with Gasteiger partial charge in [0, 0.05) is 24.7 Å². The molecule has 1 amide bonds. The summed E-state index contributed by atoms with van der Waals surface area (Å²) < 4.78 is 11.1. The molecule has 2 heterocycles. The average molecular weight is 322 g/mol. The summed E-state index contributed by atoms with van der Waals surface area (Å²) in [7, 11) is 0. The SMILES string of the molecule is CC1=C(C(=O)NC(C)C2(N3CCOCC3)CCCC2)CCCO1. The molecule has 2 fully saturated rings.